The number of aromatic nitrogens is 1. The number of nitrogens with one attached hydrogen (secondary N) is 1. The molecule has 0 radical (unpaired) electrons. The highest BCUT2D eigenvalue weighted by atomic mass is 15.1. The molecule has 1 aromatic rings. The molecule has 0 aliphatic carbocycles. The van der Waals surface area contributed by atoms with E-state index in [4.69, 9.17) is 0 Å². The van der Waals surface area contributed by atoms with Crippen molar-refractivity contribution < 1.29 is 0 Å². The Hall–Kier alpha value is -1.09. The molecule has 1 saturated heterocycles. The molecule has 3 heteroatoms. The smallest absolute Gasteiger partial charge is 0.0598 e. The molecular formula is C17H29N3. The topological polar surface area (TPSA) is 28.2 Å². The fraction of sp³-hybridized carbons (Fsp3) is 0.706. The molecule has 2 rings (SSSR count). The van der Waals surface area contributed by atoms with Crippen LogP contribution in [0.1, 0.15) is 52.0 Å². The first-order valence-corrected chi connectivity index (χ1v) is 8.13. The van der Waals surface area contributed by atoms with Crippen molar-refractivity contribution in [2.24, 2.45) is 5.41 Å². The number of nitrogens with zero attached hydrogens (tertiary/aromatic N) is 2. The predicted octanol–water partition coefficient (Wildman–Crippen LogP) is 3.60. The summed E-state index contributed by atoms with van der Waals surface area (Å²) < 4.78 is 0. The maximum absolute atomic E-state index is 4.34. The van der Waals surface area contributed by atoms with Gasteiger partial charge in [0.25, 0.3) is 0 Å². The predicted molar refractivity (Wildman–Crippen MR) is 86.1 cm³/mol. The van der Waals surface area contributed by atoms with Crippen LogP contribution in [0.3, 0.4) is 0 Å². The zero-order chi connectivity index (χ0) is 14.4. The minimum absolute atomic E-state index is 0.584. The van der Waals surface area contributed by atoms with Crippen LogP contribution in [-0.4, -0.2) is 24.6 Å². The fourth-order valence-electron chi connectivity index (χ4n) is 3.29. The van der Waals surface area contributed by atoms with Crippen LogP contribution in [0.25, 0.3) is 0 Å². The molecule has 0 unspecified atom stereocenters. The molecule has 0 atom stereocenters. The SMILES string of the molecule is CCNCc1ccncc1N1CCC(CC)(CC)CC1. The van der Waals surface area contributed by atoms with Gasteiger partial charge in [-0.05, 0) is 36.4 Å². The van der Waals surface area contributed by atoms with Gasteiger partial charge in [0.1, 0.15) is 0 Å². The Balaban J connectivity index is 2.06. The average Bonchev–Trinajstić information content (AvgIpc) is 2.53. The summed E-state index contributed by atoms with van der Waals surface area (Å²) >= 11 is 0. The summed E-state index contributed by atoms with van der Waals surface area (Å²) in [7, 11) is 0. The first-order chi connectivity index (χ1) is 9.74. The summed E-state index contributed by atoms with van der Waals surface area (Å²) in [6, 6.07) is 2.15. The fourth-order valence-corrected chi connectivity index (χ4v) is 3.29. The van der Waals surface area contributed by atoms with Crippen LogP contribution < -0.4 is 10.2 Å². The molecule has 0 amide bonds. The van der Waals surface area contributed by atoms with Crippen molar-refractivity contribution >= 4 is 5.69 Å². The molecule has 0 aromatic carbocycles. The van der Waals surface area contributed by atoms with Crippen LogP contribution in [-0.2, 0) is 6.54 Å². The largest absolute Gasteiger partial charge is 0.370 e. The number of hydrogen-bond acceptors (Lipinski definition) is 3. The second kappa shape index (κ2) is 7.07. The molecule has 1 fully saturated rings. The first-order valence-electron chi connectivity index (χ1n) is 8.13. The summed E-state index contributed by atoms with van der Waals surface area (Å²) in [5.41, 5.74) is 3.29. The van der Waals surface area contributed by atoms with Crippen molar-refractivity contribution in [1.29, 1.82) is 0 Å². The van der Waals surface area contributed by atoms with Crippen LogP contribution in [0.15, 0.2) is 18.5 Å². The molecule has 2 heterocycles. The van der Waals surface area contributed by atoms with Crippen molar-refractivity contribution in [3.63, 3.8) is 0 Å². The normalized spacial score (nSPS) is 18.2. The lowest BCUT2D eigenvalue weighted by atomic mass is 9.74. The summed E-state index contributed by atoms with van der Waals surface area (Å²) in [5.74, 6) is 0. The third kappa shape index (κ3) is 3.32. The van der Waals surface area contributed by atoms with Gasteiger partial charge < -0.3 is 10.2 Å². The van der Waals surface area contributed by atoms with E-state index in [-0.39, 0.29) is 0 Å². The quantitative estimate of drug-likeness (QED) is 0.860. The number of anilines is 1. The van der Waals surface area contributed by atoms with E-state index >= 15 is 0 Å². The third-order valence-corrected chi connectivity index (χ3v) is 5.12. The Morgan fingerprint density at radius 2 is 1.90 bits per heavy atom. The highest BCUT2D eigenvalue weighted by Crippen LogP contribution is 2.39. The maximum atomic E-state index is 4.34. The molecule has 1 aliphatic rings. The summed E-state index contributed by atoms with van der Waals surface area (Å²) in [4.78, 5) is 6.87. The lowest BCUT2D eigenvalue weighted by Gasteiger charge is -2.42. The van der Waals surface area contributed by atoms with E-state index in [2.05, 4.69) is 42.0 Å². The minimum atomic E-state index is 0.584. The second-order valence-electron chi connectivity index (χ2n) is 5.98. The zero-order valence-corrected chi connectivity index (χ0v) is 13.3. The van der Waals surface area contributed by atoms with Gasteiger partial charge in [-0.3, -0.25) is 4.98 Å². The summed E-state index contributed by atoms with van der Waals surface area (Å²) in [6.07, 6.45) is 9.20. The first kappa shape index (κ1) is 15.3. The van der Waals surface area contributed by atoms with Crippen LogP contribution in [0.2, 0.25) is 0 Å². The van der Waals surface area contributed by atoms with E-state index < -0.39 is 0 Å². The van der Waals surface area contributed by atoms with E-state index in [1.54, 1.807) is 0 Å². The zero-order valence-electron chi connectivity index (χ0n) is 13.3. The van der Waals surface area contributed by atoms with Gasteiger partial charge in [0, 0.05) is 25.8 Å². The van der Waals surface area contributed by atoms with Gasteiger partial charge in [0.15, 0.2) is 0 Å². The lowest BCUT2D eigenvalue weighted by molar-refractivity contribution is 0.199. The molecule has 1 aliphatic heterocycles. The van der Waals surface area contributed by atoms with Crippen LogP contribution in [0, 0.1) is 5.41 Å². The molecule has 0 spiro atoms. The lowest BCUT2D eigenvalue weighted by Crippen LogP contribution is -2.40. The number of pyridine rings is 1. The van der Waals surface area contributed by atoms with Gasteiger partial charge in [-0.2, -0.15) is 0 Å². The second-order valence-corrected chi connectivity index (χ2v) is 5.98. The monoisotopic (exact) mass is 275 g/mol. The summed E-state index contributed by atoms with van der Waals surface area (Å²) in [5, 5.41) is 3.43. The van der Waals surface area contributed by atoms with Gasteiger partial charge in [-0.1, -0.05) is 33.6 Å². The molecule has 1 aromatic heterocycles. The van der Waals surface area contributed by atoms with Crippen LogP contribution in [0.5, 0.6) is 0 Å². The van der Waals surface area contributed by atoms with Crippen molar-refractivity contribution in [2.45, 2.75) is 53.0 Å². The van der Waals surface area contributed by atoms with Crippen LogP contribution in [0.4, 0.5) is 5.69 Å². The van der Waals surface area contributed by atoms with Crippen LogP contribution >= 0.6 is 0 Å². The minimum Gasteiger partial charge on any atom is -0.370 e. The van der Waals surface area contributed by atoms with Gasteiger partial charge in [0.2, 0.25) is 0 Å². The number of rotatable bonds is 6. The number of piperidine rings is 1. The Morgan fingerprint density at radius 1 is 1.20 bits per heavy atom. The van der Waals surface area contributed by atoms with Crippen molar-refractivity contribution in [2.75, 3.05) is 24.5 Å². The van der Waals surface area contributed by atoms with Gasteiger partial charge in [0.05, 0.1) is 11.9 Å². The van der Waals surface area contributed by atoms with Gasteiger partial charge in [-0.25, -0.2) is 0 Å². The van der Waals surface area contributed by atoms with E-state index in [0.717, 1.165) is 13.1 Å². The van der Waals surface area contributed by atoms with Gasteiger partial charge in [-0.15, -0.1) is 0 Å². The molecule has 0 bridgehead atoms. The van der Waals surface area contributed by atoms with E-state index in [0.29, 0.717) is 5.41 Å². The highest BCUT2D eigenvalue weighted by Gasteiger charge is 2.31. The molecule has 1 N–H and O–H groups in total. The third-order valence-electron chi connectivity index (χ3n) is 5.12. The Bertz CT molecular complexity index is 402. The summed E-state index contributed by atoms with van der Waals surface area (Å²) in [6.45, 7) is 11.1. The molecule has 0 saturated carbocycles. The van der Waals surface area contributed by atoms with Crippen molar-refractivity contribution in [1.82, 2.24) is 10.3 Å². The average molecular weight is 275 g/mol. The van der Waals surface area contributed by atoms with E-state index in [1.165, 1.54) is 50.0 Å². The Morgan fingerprint density at radius 3 is 2.50 bits per heavy atom. The molecule has 3 nitrogen and oxygen atoms in total. The standard InChI is InChI=1S/C17H29N3/c1-4-17(5-2)8-11-20(12-9-17)16-14-19-10-7-15(16)13-18-6-3/h7,10,14,18H,4-6,8-9,11-13H2,1-3H3. The van der Waals surface area contributed by atoms with E-state index in [1.807, 2.05) is 12.4 Å². The Kier molecular flexibility index (Phi) is 5.41. The van der Waals surface area contributed by atoms with Crippen molar-refractivity contribution in [3.8, 4) is 0 Å². The number of hydrogen-bond donors (Lipinski definition) is 1. The maximum Gasteiger partial charge on any atom is 0.0598 e. The van der Waals surface area contributed by atoms with Gasteiger partial charge >= 0.3 is 0 Å². The Labute approximate surface area is 123 Å². The molecule has 20 heavy (non-hydrogen) atoms. The van der Waals surface area contributed by atoms with E-state index in [9.17, 15) is 0 Å². The molecular weight excluding hydrogens is 246 g/mol. The van der Waals surface area contributed by atoms with Crippen molar-refractivity contribution in [3.05, 3.63) is 24.0 Å². The molecule has 112 valence electrons. The highest BCUT2D eigenvalue weighted by molar-refractivity contribution is 5.52.